The predicted octanol–water partition coefficient (Wildman–Crippen LogP) is 5.23. The summed E-state index contributed by atoms with van der Waals surface area (Å²) in [4.78, 5) is 55.1. The molecule has 6 atom stereocenters. The first-order valence-electron chi connectivity index (χ1n) is 14.2. The number of likely N-dealkylation sites (tertiary alicyclic amines) is 1. The minimum Gasteiger partial charge on any atom is -0.356 e. The Morgan fingerprint density at radius 2 is 1.89 bits per heavy atom. The minimum absolute atomic E-state index is 0.0165. The van der Waals surface area contributed by atoms with Crippen molar-refractivity contribution < 1.29 is 38.6 Å². The number of aliphatic imine (C=N–C) groups is 1. The second kappa shape index (κ2) is 10.3. The zero-order chi connectivity index (χ0) is 33.1. The van der Waals surface area contributed by atoms with E-state index in [1.54, 1.807) is 20.8 Å². The number of carbonyl (C=O) groups excluding carboxylic acids is 4. The summed E-state index contributed by atoms with van der Waals surface area (Å²) < 4.78 is 66.4. The van der Waals surface area contributed by atoms with Gasteiger partial charge in [-0.25, -0.2) is 4.99 Å². The third-order valence-electron chi connectivity index (χ3n) is 8.98. The maximum Gasteiger partial charge on any atom is 0.310 e. The SMILES string of the molecule is CC(C)(C)C(/C=N/C(=O)c1cccc(S(F)(F)(F)(F)F)c1)C(=O)N1C[C@H]2C([C@H]1C(=O)N[C@H](C#N)C[C@@H]1CCNC1=O)C2(C)C. The molecule has 1 saturated carbocycles. The van der Waals surface area contributed by atoms with E-state index in [0.717, 1.165) is 12.3 Å². The monoisotopic (exact) mass is 645 g/mol. The highest BCUT2D eigenvalue weighted by molar-refractivity contribution is 8.45. The standard InChI is InChI=1S/C29H36F5N5O4S/c1-28(2,3)20(14-37-25(41)16-7-6-8-19(12-16)44(30,31,32,33)34)27(43)39-15-21-22(29(21,4)5)23(39)26(42)38-18(13-35)11-17-9-10-36-24(17)40/h6-8,12,14,17-18,20-23H,9-11,15H2,1-5H3,(H,36,40)(H,38,42)/b37-14+/t17-,18-,20?,21-,22?,23-/m0/s1. The number of hydrogen-bond donors (Lipinski definition) is 2. The molecule has 2 unspecified atom stereocenters. The number of benzene rings is 1. The Bertz CT molecular complexity index is 1470. The topological polar surface area (TPSA) is 132 Å². The summed E-state index contributed by atoms with van der Waals surface area (Å²) in [6, 6.07) is 1.91. The minimum atomic E-state index is -10.0. The zero-order valence-electron chi connectivity index (χ0n) is 25.0. The lowest BCUT2D eigenvalue weighted by atomic mass is 9.80. The van der Waals surface area contributed by atoms with Crippen molar-refractivity contribution in [1.82, 2.24) is 15.5 Å². The van der Waals surface area contributed by atoms with Crippen LogP contribution in [0.25, 0.3) is 0 Å². The maximum atomic E-state index is 14.0. The Morgan fingerprint density at radius 3 is 2.43 bits per heavy atom. The van der Waals surface area contributed by atoms with Gasteiger partial charge < -0.3 is 15.5 Å². The van der Waals surface area contributed by atoms with Crippen molar-refractivity contribution >= 4 is 40.1 Å². The molecule has 242 valence electrons. The van der Waals surface area contributed by atoms with E-state index in [-0.39, 0.29) is 48.3 Å². The van der Waals surface area contributed by atoms with Crippen LogP contribution in [-0.4, -0.2) is 59.9 Å². The summed E-state index contributed by atoms with van der Waals surface area (Å²) in [6.07, 6.45) is 1.64. The van der Waals surface area contributed by atoms with Gasteiger partial charge in [-0.1, -0.05) is 60.1 Å². The fraction of sp³-hybridized carbons (Fsp3) is 0.586. The highest BCUT2D eigenvalue weighted by atomic mass is 32.5. The molecule has 1 aliphatic carbocycles. The summed E-state index contributed by atoms with van der Waals surface area (Å²) >= 11 is 0. The summed E-state index contributed by atoms with van der Waals surface area (Å²) in [7, 11) is -10.0. The van der Waals surface area contributed by atoms with Crippen LogP contribution in [0, 0.1) is 45.8 Å². The number of carbonyl (C=O) groups is 4. The van der Waals surface area contributed by atoms with E-state index in [4.69, 9.17) is 0 Å². The van der Waals surface area contributed by atoms with E-state index >= 15 is 0 Å². The van der Waals surface area contributed by atoms with Crippen molar-refractivity contribution in [3.63, 3.8) is 0 Å². The Labute approximate surface area is 252 Å². The summed E-state index contributed by atoms with van der Waals surface area (Å²) in [6.45, 7) is 9.67. The van der Waals surface area contributed by atoms with Crippen molar-refractivity contribution in [3.8, 4) is 6.07 Å². The second-order valence-electron chi connectivity index (χ2n) is 13.5. The lowest BCUT2D eigenvalue weighted by Gasteiger charge is -2.40. The number of fused-ring (bicyclic) bond motifs is 1. The van der Waals surface area contributed by atoms with Crippen LogP contribution in [0.5, 0.6) is 0 Å². The van der Waals surface area contributed by atoms with Crippen LogP contribution < -0.4 is 10.6 Å². The maximum absolute atomic E-state index is 14.0. The molecule has 15 heteroatoms. The number of nitriles is 1. The van der Waals surface area contributed by atoms with E-state index in [1.807, 2.05) is 19.9 Å². The number of halogens is 5. The quantitative estimate of drug-likeness (QED) is 0.295. The first-order valence-corrected chi connectivity index (χ1v) is 16.1. The average molecular weight is 646 g/mol. The number of hydrogen-bond acceptors (Lipinski definition) is 5. The Hall–Kier alpha value is -3.54. The van der Waals surface area contributed by atoms with Crippen LogP contribution in [0.15, 0.2) is 34.2 Å². The van der Waals surface area contributed by atoms with Crippen LogP contribution in [0.3, 0.4) is 0 Å². The fourth-order valence-electron chi connectivity index (χ4n) is 6.29. The molecule has 3 aliphatic rings. The molecular weight excluding hydrogens is 609 g/mol. The molecule has 0 aromatic heterocycles. The molecule has 1 aromatic rings. The number of piperidine rings is 1. The van der Waals surface area contributed by atoms with Crippen LogP contribution in [0.1, 0.15) is 57.8 Å². The molecule has 3 fully saturated rings. The molecule has 0 spiro atoms. The fourth-order valence-corrected chi connectivity index (χ4v) is 6.98. The zero-order valence-corrected chi connectivity index (χ0v) is 25.8. The molecule has 1 aromatic carbocycles. The van der Waals surface area contributed by atoms with Gasteiger partial charge in [0.15, 0.2) is 0 Å². The van der Waals surface area contributed by atoms with Crippen molar-refractivity contribution in [2.45, 2.75) is 64.4 Å². The Kier molecular flexibility index (Phi) is 7.77. The third kappa shape index (κ3) is 6.74. The summed E-state index contributed by atoms with van der Waals surface area (Å²) in [5.41, 5.74) is -1.87. The van der Waals surface area contributed by atoms with Gasteiger partial charge in [-0.3, -0.25) is 19.2 Å². The number of nitrogens with zero attached hydrogens (tertiary/aromatic N) is 3. The van der Waals surface area contributed by atoms with Gasteiger partial charge in [-0.15, -0.1) is 0 Å². The number of amides is 4. The van der Waals surface area contributed by atoms with Gasteiger partial charge in [-0.05, 0) is 53.7 Å². The largest absolute Gasteiger partial charge is 0.356 e. The molecule has 4 rings (SSSR count). The van der Waals surface area contributed by atoms with Crippen LogP contribution in [0.2, 0.25) is 0 Å². The average Bonchev–Trinajstić information content (AvgIpc) is 3.24. The van der Waals surface area contributed by atoms with E-state index in [0.29, 0.717) is 19.0 Å². The van der Waals surface area contributed by atoms with E-state index in [1.165, 1.54) is 4.90 Å². The van der Waals surface area contributed by atoms with E-state index in [9.17, 15) is 43.9 Å². The molecular formula is C29H36F5N5O4S. The van der Waals surface area contributed by atoms with Gasteiger partial charge in [0.25, 0.3) is 5.91 Å². The lowest BCUT2D eigenvalue weighted by Crippen LogP contribution is -2.54. The highest BCUT2D eigenvalue weighted by Crippen LogP contribution is 3.02. The van der Waals surface area contributed by atoms with Crippen molar-refractivity contribution in [3.05, 3.63) is 29.8 Å². The third-order valence-corrected chi connectivity index (χ3v) is 10.1. The van der Waals surface area contributed by atoms with Crippen molar-refractivity contribution in [1.29, 1.82) is 5.26 Å². The molecule has 2 heterocycles. The molecule has 0 bridgehead atoms. The van der Waals surface area contributed by atoms with E-state index < -0.39 is 67.7 Å². The highest BCUT2D eigenvalue weighted by Gasteiger charge is 2.70. The number of rotatable bonds is 8. The van der Waals surface area contributed by atoms with Gasteiger partial charge in [0.05, 0.1) is 12.0 Å². The van der Waals surface area contributed by atoms with Gasteiger partial charge in [-0.2, -0.15) is 5.26 Å². The van der Waals surface area contributed by atoms with Crippen molar-refractivity contribution in [2.24, 2.45) is 39.5 Å². The molecule has 0 radical (unpaired) electrons. The first-order chi connectivity index (χ1) is 19.9. The van der Waals surface area contributed by atoms with Gasteiger partial charge in [0.2, 0.25) is 17.7 Å². The van der Waals surface area contributed by atoms with Gasteiger partial charge >= 0.3 is 10.2 Å². The normalized spacial score (nSPS) is 27.4. The number of nitrogens with one attached hydrogen (secondary N) is 2. The van der Waals surface area contributed by atoms with Crippen LogP contribution in [-0.2, 0) is 14.4 Å². The molecule has 4 amide bonds. The van der Waals surface area contributed by atoms with Crippen LogP contribution in [0.4, 0.5) is 19.4 Å². The lowest BCUT2D eigenvalue weighted by molar-refractivity contribution is -0.144. The predicted molar refractivity (Wildman–Crippen MR) is 153 cm³/mol. The molecule has 2 aliphatic heterocycles. The smallest absolute Gasteiger partial charge is 0.310 e. The molecule has 9 nitrogen and oxygen atoms in total. The molecule has 44 heavy (non-hydrogen) atoms. The summed E-state index contributed by atoms with van der Waals surface area (Å²) in [5.74, 6) is -4.31. The Balaban J connectivity index is 1.56. The van der Waals surface area contributed by atoms with E-state index in [2.05, 4.69) is 15.6 Å². The van der Waals surface area contributed by atoms with Gasteiger partial charge in [0, 0.05) is 30.8 Å². The van der Waals surface area contributed by atoms with Crippen molar-refractivity contribution in [2.75, 3.05) is 13.1 Å². The second-order valence-corrected chi connectivity index (χ2v) is 15.9. The van der Waals surface area contributed by atoms with Gasteiger partial charge in [0.1, 0.15) is 17.0 Å². The molecule has 2 N–H and O–H groups in total. The summed E-state index contributed by atoms with van der Waals surface area (Å²) in [5, 5.41) is 15.1. The first kappa shape index (κ1) is 33.4. The van der Waals surface area contributed by atoms with Crippen LogP contribution >= 0.6 is 10.2 Å². The molecule has 2 saturated heterocycles. The Morgan fingerprint density at radius 1 is 1.23 bits per heavy atom.